The van der Waals surface area contributed by atoms with Gasteiger partial charge in [-0.1, -0.05) is 18.2 Å². The van der Waals surface area contributed by atoms with Gasteiger partial charge >= 0.3 is 0 Å². The molecule has 0 atom stereocenters. The molecule has 10 nitrogen and oxygen atoms in total. The molecule has 0 saturated heterocycles. The van der Waals surface area contributed by atoms with Gasteiger partial charge in [-0.3, -0.25) is 4.79 Å². The van der Waals surface area contributed by atoms with Gasteiger partial charge in [0.2, 0.25) is 15.8 Å². The van der Waals surface area contributed by atoms with E-state index in [4.69, 9.17) is 5.14 Å². The molecular weight excluding hydrogens is 358 g/mol. The maximum atomic E-state index is 12.0. The maximum Gasteiger partial charge on any atom is 0.258 e. The summed E-state index contributed by atoms with van der Waals surface area (Å²) in [4.78, 5) is 18.4. The summed E-state index contributed by atoms with van der Waals surface area (Å²) in [6.07, 6.45) is 1.30. The Balaban J connectivity index is 2.05. The molecule has 0 fully saturated rings. The quantitative estimate of drug-likeness (QED) is 0.471. The highest BCUT2D eigenvalue weighted by molar-refractivity contribution is 7.89. The van der Waals surface area contributed by atoms with Crippen LogP contribution >= 0.6 is 0 Å². The number of H-pyrrole nitrogens is 2. The van der Waals surface area contributed by atoms with E-state index in [1.165, 1.54) is 12.4 Å². The second-order valence-corrected chi connectivity index (χ2v) is 6.95. The predicted molar refractivity (Wildman–Crippen MR) is 92.3 cm³/mol. The fraction of sp³-hybridized carbons (Fsp3) is 0. The number of aromatic amines is 2. The van der Waals surface area contributed by atoms with Crippen molar-refractivity contribution < 1.29 is 8.42 Å². The Labute approximate surface area is 146 Å². The van der Waals surface area contributed by atoms with Crippen LogP contribution in [0.25, 0.3) is 33.4 Å². The van der Waals surface area contributed by atoms with Crippen molar-refractivity contribution in [2.75, 3.05) is 0 Å². The van der Waals surface area contributed by atoms with Crippen molar-refractivity contribution in [2.45, 2.75) is 4.90 Å². The normalized spacial score (nSPS) is 11.7. The van der Waals surface area contributed by atoms with Crippen LogP contribution < -0.4 is 10.7 Å². The highest BCUT2D eigenvalue weighted by Crippen LogP contribution is 2.35. The van der Waals surface area contributed by atoms with Gasteiger partial charge in [-0.2, -0.15) is 5.21 Å². The number of tetrazole rings is 1. The summed E-state index contributed by atoms with van der Waals surface area (Å²) in [5, 5.41) is 19.3. The van der Waals surface area contributed by atoms with Gasteiger partial charge in [0.25, 0.3) is 5.56 Å². The molecule has 0 aliphatic heterocycles. The molecule has 0 bridgehead atoms. The van der Waals surface area contributed by atoms with E-state index in [1.54, 1.807) is 30.3 Å². The molecule has 4 rings (SSSR count). The molecule has 26 heavy (non-hydrogen) atoms. The van der Waals surface area contributed by atoms with Crippen molar-refractivity contribution in [3.05, 3.63) is 53.1 Å². The van der Waals surface area contributed by atoms with Gasteiger partial charge in [0, 0.05) is 0 Å². The summed E-state index contributed by atoms with van der Waals surface area (Å²) >= 11 is 0. The number of nitrogens with zero attached hydrogens (tertiary/aromatic N) is 4. The number of nitrogens with two attached hydrogens (primary N) is 1. The van der Waals surface area contributed by atoms with E-state index in [0.29, 0.717) is 22.0 Å². The molecule has 0 spiro atoms. The third kappa shape index (κ3) is 2.64. The number of fused-ring (bicyclic) bond motifs is 1. The van der Waals surface area contributed by atoms with Crippen molar-refractivity contribution in [3.63, 3.8) is 0 Å². The molecule has 0 radical (unpaired) electrons. The highest BCUT2D eigenvalue weighted by atomic mass is 32.2. The molecule has 0 unspecified atom stereocenters. The number of hydrogen-bond donors (Lipinski definition) is 3. The van der Waals surface area contributed by atoms with Gasteiger partial charge in [-0.25, -0.2) is 18.5 Å². The van der Waals surface area contributed by atoms with E-state index in [2.05, 4.69) is 30.6 Å². The number of rotatable bonds is 3. The van der Waals surface area contributed by atoms with Crippen LogP contribution in [0.3, 0.4) is 0 Å². The summed E-state index contributed by atoms with van der Waals surface area (Å²) < 4.78 is 24.0. The molecule has 2 aromatic carbocycles. The van der Waals surface area contributed by atoms with E-state index < -0.39 is 10.0 Å². The van der Waals surface area contributed by atoms with E-state index in [1.807, 2.05) is 0 Å². The van der Waals surface area contributed by atoms with Crippen LogP contribution in [0.15, 0.2) is 52.4 Å². The van der Waals surface area contributed by atoms with E-state index in [0.717, 1.165) is 0 Å². The monoisotopic (exact) mass is 369 g/mol. The number of primary sulfonamides is 1. The Morgan fingerprint density at radius 3 is 2.69 bits per heavy atom. The van der Waals surface area contributed by atoms with Crippen molar-refractivity contribution in [2.24, 2.45) is 5.14 Å². The summed E-state index contributed by atoms with van der Waals surface area (Å²) in [5.74, 6) is 0.0867. The lowest BCUT2D eigenvalue weighted by molar-refractivity contribution is 0.598. The van der Waals surface area contributed by atoms with E-state index >= 15 is 0 Å². The lowest BCUT2D eigenvalue weighted by atomic mass is 9.98. The van der Waals surface area contributed by atoms with Crippen molar-refractivity contribution >= 4 is 20.9 Å². The zero-order chi connectivity index (χ0) is 18.3. The van der Waals surface area contributed by atoms with Gasteiger partial charge in [-0.05, 0) is 34.5 Å². The van der Waals surface area contributed by atoms with Crippen LogP contribution in [0, 0.1) is 0 Å². The highest BCUT2D eigenvalue weighted by Gasteiger charge is 2.22. The molecule has 4 aromatic rings. The molecule has 2 heterocycles. The predicted octanol–water partition coefficient (Wildman–Crippen LogP) is 0.418. The topological polar surface area (TPSA) is 160 Å². The van der Waals surface area contributed by atoms with Crippen LogP contribution in [0.4, 0.5) is 0 Å². The number of sulfonamides is 1. The van der Waals surface area contributed by atoms with Gasteiger partial charge in [-0.15, -0.1) is 10.2 Å². The fourth-order valence-electron chi connectivity index (χ4n) is 2.74. The lowest BCUT2D eigenvalue weighted by Crippen LogP contribution is -2.14. The van der Waals surface area contributed by atoms with Crippen molar-refractivity contribution in [3.8, 4) is 22.5 Å². The molecule has 4 N–H and O–H groups in total. The standard InChI is InChI=1S/C15H11N7O3S/c16-26(24,25)12-3-1-2-9(13(12)14-19-21-22-20-14)8-4-5-10-11(6-8)17-7-18-15(10)23/h1-7H,(H2,16,24,25)(H,17,18,23)(H,19,20,21,22). The SMILES string of the molecule is NS(=O)(=O)c1cccc(-c2ccc3c(=O)[nH]cnc3c2)c1-c1nn[nH]n1. The summed E-state index contributed by atoms with van der Waals surface area (Å²) in [6, 6.07) is 9.61. The number of hydrogen-bond acceptors (Lipinski definition) is 7. The molecule has 2 aromatic heterocycles. The first kappa shape index (κ1) is 16.1. The van der Waals surface area contributed by atoms with Crippen LogP contribution in [0.1, 0.15) is 0 Å². The van der Waals surface area contributed by atoms with Crippen molar-refractivity contribution in [1.29, 1.82) is 0 Å². The first-order chi connectivity index (χ1) is 12.4. The average molecular weight is 369 g/mol. The third-order valence-electron chi connectivity index (χ3n) is 3.85. The number of benzene rings is 2. The molecule has 11 heteroatoms. The Morgan fingerprint density at radius 1 is 1.12 bits per heavy atom. The first-order valence-electron chi connectivity index (χ1n) is 7.32. The average Bonchev–Trinajstić information content (AvgIpc) is 3.14. The zero-order valence-electron chi connectivity index (χ0n) is 13.0. The molecule has 0 aliphatic carbocycles. The minimum absolute atomic E-state index is 0.0867. The largest absolute Gasteiger partial charge is 0.313 e. The lowest BCUT2D eigenvalue weighted by Gasteiger charge is -2.11. The van der Waals surface area contributed by atoms with Gasteiger partial charge < -0.3 is 4.98 Å². The smallest absolute Gasteiger partial charge is 0.258 e. The number of nitrogens with one attached hydrogen (secondary N) is 2. The maximum absolute atomic E-state index is 12.0. The van der Waals surface area contributed by atoms with Gasteiger partial charge in [0.05, 0.1) is 27.7 Å². The van der Waals surface area contributed by atoms with Crippen LogP contribution in [0.5, 0.6) is 0 Å². The van der Waals surface area contributed by atoms with E-state index in [9.17, 15) is 13.2 Å². The van der Waals surface area contributed by atoms with Crippen LogP contribution in [-0.2, 0) is 10.0 Å². The summed E-state index contributed by atoms with van der Waals surface area (Å²) in [6.45, 7) is 0. The Bertz CT molecular complexity index is 1280. The Morgan fingerprint density at radius 2 is 1.96 bits per heavy atom. The molecular formula is C15H11N7O3S. The Hall–Kier alpha value is -3.44. The molecule has 130 valence electrons. The molecule has 0 aliphatic rings. The molecule has 0 amide bonds. The second-order valence-electron chi connectivity index (χ2n) is 5.42. The Kier molecular flexibility index (Phi) is 3.60. The van der Waals surface area contributed by atoms with Gasteiger partial charge in [0.1, 0.15) is 0 Å². The number of aromatic nitrogens is 6. The minimum Gasteiger partial charge on any atom is -0.313 e. The zero-order valence-corrected chi connectivity index (χ0v) is 13.9. The van der Waals surface area contributed by atoms with E-state index in [-0.39, 0.29) is 21.8 Å². The van der Waals surface area contributed by atoms with Crippen LogP contribution in [0.2, 0.25) is 0 Å². The van der Waals surface area contributed by atoms with Crippen LogP contribution in [-0.4, -0.2) is 39.0 Å². The summed E-state index contributed by atoms with van der Waals surface area (Å²) in [7, 11) is -4.03. The minimum atomic E-state index is -4.03. The van der Waals surface area contributed by atoms with Gasteiger partial charge in [0.15, 0.2) is 0 Å². The molecule has 0 saturated carbocycles. The third-order valence-corrected chi connectivity index (χ3v) is 4.81. The van der Waals surface area contributed by atoms with Crippen molar-refractivity contribution in [1.82, 2.24) is 30.6 Å². The first-order valence-corrected chi connectivity index (χ1v) is 8.87. The summed E-state index contributed by atoms with van der Waals surface area (Å²) in [5.41, 5.74) is 1.56. The fourth-order valence-corrected chi connectivity index (χ4v) is 3.50. The second kappa shape index (κ2) is 5.82.